The van der Waals surface area contributed by atoms with Gasteiger partial charge in [0.15, 0.2) is 0 Å². The molecule has 1 atom stereocenters. The molecule has 0 aliphatic heterocycles. The lowest BCUT2D eigenvalue weighted by atomic mass is 9.95. The SMILES string of the molecule is OC(c1c(Cl)cccc1Cl)c1cc(C(F)(F)F)nc2c(C(F)(F)F)cccc12. The highest BCUT2D eigenvalue weighted by Crippen LogP contribution is 2.42. The molecule has 10 heteroatoms. The first-order valence-electron chi connectivity index (χ1n) is 7.61. The van der Waals surface area contributed by atoms with E-state index in [0.29, 0.717) is 12.1 Å². The van der Waals surface area contributed by atoms with E-state index in [1.807, 2.05) is 0 Å². The van der Waals surface area contributed by atoms with Crippen LogP contribution in [0.15, 0.2) is 42.5 Å². The maximum atomic E-state index is 13.3. The summed E-state index contributed by atoms with van der Waals surface area (Å²) in [5.41, 5.74) is -4.42. The third-order valence-corrected chi connectivity index (χ3v) is 4.69. The van der Waals surface area contributed by atoms with Crippen molar-refractivity contribution in [3.8, 4) is 0 Å². The van der Waals surface area contributed by atoms with Gasteiger partial charge in [-0.05, 0) is 29.8 Å². The van der Waals surface area contributed by atoms with Gasteiger partial charge in [-0.2, -0.15) is 26.3 Å². The predicted molar refractivity (Wildman–Crippen MR) is 92.3 cm³/mol. The molecular formula is C18H9Cl2F6NO. The minimum Gasteiger partial charge on any atom is -0.384 e. The summed E-state index contributed by atoms with van der Waals surface area (Å²) in [5, 5.41) is 10.3. The van der Waals surface area contributed by atoms with E-state index in [9.17, 15) is 31.4 Å². The predicted octanol–water partition coefficient (Wildman–Crippen LogP) is 6.66. The molecule has 0 radical (unpaired) electrons. The van der Waals surface area contributed by atoms with Crippen LogP contribution in [0.5, 0.6) is 0 Å². The molecule has 148 valence electrons. The van der Waals surface area contributed by atoms with Gasteiger partial charge in [0.2, 0.25) is 0 Å². The van der Waals surface area contributed by atoms with Crippen LogP contribution in [0.4, 0.5) is 26.3 Å². The Morgan fingerprint density at radius 2 is 1.43 bits per heavy atom. The minimum absolute atomic E-state index is 0.0505. The lowest BCUT2D eigenvalue weighted by molar-refractivity contribution is -0.142. The number of rotatable bonds is 2. The topological polar surface area (TPSA) is 33.1 Å². The van der Waals surface area contributed by atoms with Crippen LogP contribution in [0, 0.1) is 0 Å². The zero-order chi connectivity index (χ0) is 20.9. The zero-order valence-corrected chi connectivity index (χ0v) is 15.0. The molecule has 1 heterocycles. The summed E-state index contributed by atoms with van der Waals surface area (Å²) in [5.74, 6) is 0. The first kappa shape index (κ1) is 20.7. The third-order valence-electron chi connectivity index (χ3n) is 4.04. The summed E-state index contributed by atoms with van der Waals surface area (Å²) in [6.45, 7) is 0. The molecular weight excluding hydrogens is 431 g/mol. The highest BCUT2D eigenvalue weighted by Gasteiger charge is 2.38. The zero-order valence-electron chi connectivity index (χ0n) is 13.5. The highest BCUT2D eigenvalue weighted by molar-refractivity contribution is 6.36. The molecule has 2 nitrogen and oxygen atoms in total. The highest BCUT2D eigenvalue weighted by atomic mass is 35.5. The summed E-state index contributed by atoms with van der Waals surface area (Å²) in [6, 6.07) is 7.42. The maximum absolute atomic E-state index is 13.3. The van der Waals surface area contributed by atoms with Gasteiger partial charge in [-0.3, -0.25) is 0 Å². The number of aliphatic hydroxyl groups excluding tert-OH is 1. The number of halogens is 8. The van der Waals surface area contributed by atoms with Crippen molar-refractivity contribution < 1.29 is 31.4 Å². The Hall–Kier alpha value is -2.03. The van der Waals surface area contributed by atoms with Gasteiger partial charge in [-0.25, -0.2) is 4.98 Å². The molecule has 1 aromatic heterocycles. The molecule has 0 amide bonds. The average Bonchev–Trinajstić information content (AvgIpc) is 2.58. The van der Waals surface area contributed by atoms with E-state index < -0.39 is 40.8 Å². The van der Waals surface area contributed by atoms with Crippen LogP contribution >= 0.6 is 23.2 Å². The summed E-state index contributed by atoms with van der Waals surface area (Å²) < 4.78 is 79.7. The van der Waals surface area contributed by atoms with Crippen LogP contribution in [0.1, 0.15) is 28.5 Å². The lowest BCUT2D eigenvalue weighted by Crippen LogP contribution is -2.14. The van der Waals surface area contributed by atoms with Crippen molar-refractivity contribution in [2.24, 2.45) is 0 Å². The number of para-hydroxylation sites is 1. The van der Waals surface area contributed by atoms with Gasteiger partial charge in [0.25, 0.3) is 0 Å². The number of nitrogens with zero attached hydrogens (tertiary/aromatic N) is 1. The summed E-state index contributed by atoms with van der Waals surface area (Å²) >= 11 is 12.0. The van der Waals surface area contributed by atoms with Crippen molar-refractivity contribution in [1.82, 2.24) is 4.98 Å². The first-order chi connectivity index (χ1) is 12.9. The second kappa shape index (κ2) is 7.09. The fraction of sp³-hybridized carbons (Fsp3) is 0.167. The van der Waals surface area contributed by atoms with Crippen LogP contribution in [-0.4, -0.2) is 10.1 Å². The fourth-order valence-electron chi connectivity index (χ4n) is 2.80. The molecule has 0 fully saturated rings. The first-order valence-corrected chi connectivity index (χ1v) is 8.37. The number of pyridine rings is 1. The van der Waals surface area contributed by atoms with E-state index in [-0.39, 0.29) is 21.0 Å². The van der Waals surface area contributed by atoms with Gasteiger partial charge in [0, 0.05) is 21.0 Å². The van der Waals surface area contributed by atoms with E-state index in [1.165, 1.54) is 18.2 Å². The van der Waals surface area contributed by atoms with Gasteiger partial charge in [-0.15, -0.1) is 0 Å². The largest absolute Gasteiger partial charge is 0.433 e. The van der Waals surface area contributed by atoms with Crippen LogP contribution < -0.4 is 0 Å². The molecule has 2 aromatic carbocycles. The number of hydrogen-bond donors (Lipinski definition) is 1. The van der Waals surface area contributed by atoms with Crippen LogP contribution in [0.3, 0.4) is 0 Å². The Labute approximate surface area is 164 Å². The Balaban J connectivity index is 2.39. The molecule has 0 aliphatic carbocycles. The van der Waals surface area contributed by atoms with Gasteiger partial charge in [-0.1, -0.05) is 41.4 Å². The Bertz CT molecular complexity index is 1030. The van der Waals surface area contributed by atoms with Crippen molar-refractivity contribution in [3.05, 3.63) is 74.9 Å². The molecule has 0 bridgehead atoms. The standard InChI is InChI=1S/C18H9Cl2F6NO/c19-11-5-2-6-12(20)14(11)16(28)9-7-13(18(24,25)26)27-15-8(9)3-1-4-10(15)17(21,22)23/h1-7,16,28H. The second-order valence-electron chi connectivity index (χ2n) is 5.83. The van der Waals surface area contributed by atoms with Crippen LogP contribution in [0.25, 0.3) is 10.9 Å². The Kier molecular flexibility index (Phi) is 5.24. The van der Waals surface area contributed by atoms with Gasteiger partial charge < -0.3 is 5.11 Å². The van der Waals surface area contributed by atoms with Crippen molar-refractivity contribution in [3.63, 3.8) is 0 Å². The van der Waals surface area contributed by atoms with E-state index in [2.05, 4.69) is 4.98 Å². The third kappa shape index (κ3) is 3.76. The average molecular weight is 440 g/mol. The quantitative estimate of drug-likeness (QED) is 0.452. The van der Waals surface area contributed by atoms with Crippen molar-refractivity contribution in [1.29, 1.82) is 0 Å². The smallest absolute Gasteiger partial charge is 0.384 e. The fourth-order valence-corrected chi connectivity index (χ4v) is 3.41. The van der Waals surface area contributed by atoms with E-state index in [1.54, 1.807) is 0 Å². The molecule has 0 saturated carbocycles. The van der Waals surface area contributed by atoms with Crippen molar-refractivity contribution in [2.75, 3.05) is 0 Å². The molecule has 1 unspecified atom stereocenters. The molecule has 1 N–H and O–H groups in total. The van der Waals surface area contributed by atoms with E-state index in [4.69, 9.17) is 23.2 Å². The summed E-state index contributed by atoms with van der Waals surface area (Å²) in [6.07, 6.45) is -11.8. The van der Waals surface area contributed by atoms with Gasteiger partial charge in [0.05, 0.1) is 11.1 Å². The minimum atomic E-state index is -5.04. The molecule has 0 spiro atoms. The number of benzene rings is 2. The van der Waals surface area contributed by atoms with Crippen molar-refractivity contribution in [2.45, 2.75) is 18.5 Å². The van der Waals surface area contributed by atoms with Crippen LogP contribution in [-0.2, 0) is 12.4 Å². The molecule has 0 aliphatic rings. The number of fused-ring (bicyclic) bond motifs is 1. The van der Waals surface area contributed by atoms with Crippen LogP contribution in [0.2, 0.25) is 10.0 Å². The van der Waals surface area contributed by atoms with E-state index in [0.717, 1.165) is 12.1 Å². The second-order valence-corrected chi connectivity index (χ2v) is 6.65. The molecule has 3 rings (SSSR count). The van der Waals surface area contributed by atoms with Gasteiger partial charge in [0.1, 0.15) is 11.8 Å². The molecule has 0 saturated heterocycles. The number of hydrogen-bond acceptors (Lipinski definition) is 2. The van der Waals surface area contributed by atoms with Gasteiger partial charge >= 0.3 is 12.4 Å². The number of alkyl halides is 6. The summed E-state index contributed by atoms with van der Waals surface area (Å²) in [7, 11) is 0. The lowest BCUT2D eigenvalue weighted by Gasteiger charge is -2.20. The maximum Gasteiger partial charge on any atom is 0.433 e. The molecule has 3 aromatic rings. The molecule has 28 heavy (non-hydrogen) atoms. The monoisotopic (exact) mass is 439 g/mol. The Morgan fingerprint density at radius 3 is 1.96 bits per heavy atom. The van der Waals surface area contributed by atoms with E-state index >= 15 is 0 Å². The number of aliphatic hydroxyl groups is 1. The number of aromatic nitrogens is 1. The normalized spacial score (nSPS) is 13.8. The Morgan fingerprint density at radius 1 is 0.857 bits per heavy atom. The van der Waals surface area contributed by atoms with Crippen molar-refractivity contribution >= 4 is 34.1 Å². The summed E-state index contributed by atoms with van der Waals surface area (Å²) in [4.78, 5) is 3.17.